The molecule has 150 valence electrons. The number of hydrogen-bond donors (Lipinski definition) is 3. The maximum atomic E-state index is 12.5. The lowest BCUT2D eigenvalue weighted by atomic mass is 10.1. The third-order valence-corrected chi connectivity index (χ3v) is 3.92. The van der Waals surface area contributed by atoms with Gasteiger partial charge < -0.3 is 15.7 Å². The van der Waals surface area contributed by atoms with E-state index in [-0.39, 0.29) is 16.9 Å². The highest BCUT2D eigenvalue weighted by Crippen LogP contribution is 2.16. The lowest BCUT2D eigenvalue weighted by Gasteiger charge is -2.13. The zero-order chi connectivity index (χ0) is 21.6. The molecule has 0 bridgehead atoms. The minimum absolute atomic E-state index is 0.192. The summed E-state index contributed by atoms with van der Waals surface area (Å²) in [5, 5.41) is 24.6. The van der Waals surface area contributed by atoms with Crippen molar-refractivity contribution in [1.29, 1.82) is 0 Å². The maximum absolute atomic E-state index is 12.5. The number of nitrogens with one attached hydrogen (secondary N) is 2. The summed E-state index contributed by atoms with van der Waals surface area (Å²) in [6.07, 6.45) is 1.24. The van der Waals surface area contributed by atoms with E-state index in [1.807, 2.05) is 6.92 Å². The Balaban J connectivity index is 2.36. The molecule has 0 aliphatic rings. The number of nitro groups is 1. The van der Waals surface area contributed by atoms with Crippen molar-refractivity contribution in [2.75, 3.05) is 0 Å². The molecule has 0 aromatic heterocycles. The van der Waals surface area contributed by atoms with Gasteiger partial charge in [-0.25, -0.2) is 0 Å². The molecule has 0 spiro atoms. The smallest absolute Gasteiger partial charge is 0.325 e. The predicted octanol–water partition coefficient (Wildman–Crippen LogP) is 2.26. The third kappa shape index (κ3) is 5.99. The number of hydrogen-bond acceptors (Lipinski definition) is 5. The SMILES string of the molecule is Cc1ccc(C(=O)N/C(=C\c2cccc([N+](=O)[O-])c2)C(=O)NC(C)C(=O)O)cc1. The highest BCUT2D eigenvalue weighted by Gasteiger charge is 2.20. The molecule has 0 aliphatic heterocycles. The average Bonchev–Trinajstić information content (AvgIpc) is 2.67. The molecule has 0 heterocycles. The number of non-ortho nitro benzene ring substituents is 1. The van der Waals surface area contributed by atoms with Crippen LogP contribution in [0.1, 0.15) is 28.4 Å². The van der Waals surface area contributed by atoms with Crippen LogP contribution in [0.25, 0.3) is 6.08 Å². The van der Waals surface area contributed by atoms with Crippen molar-refractivity contribution >= 4 is 29.5 Å². The van der Waals surface area contributed by atoms with Gasteiger partial charge in [-0.15, -0.1) is 0 Å². The summed E-state index contributed by atoms with van der Waals surface area (Å²) in [5.74, 6) is -2.68. The van der Waals surface area contributed by atoms with E-state index in [0.29, 0.717) is 5.56 Å². The molecule has 2 aromatic carbocycles. The number of carbonyl (C=O) groups excluding carboxylic acids is 2. The Bertz CT molecular complexity index is 982. The van der Waals surface area contributed by atoms with Gasteiger partial charge >= 0.3 is 5.97 Å². The molecule has 9 heteroatoms. The highest BCUT2D eigenvalue weighted by atomic mass is 16.6. The first-order chi connectivity index (χ1) is 13.7. The van der Waals surface area contributed by atoms with Crippen molar-refractivity contribution in [3.05, 3.63) is 81.0 Å². The number of benzene rings is 2. The number of nitro benzene ring substituents is 1. The average molecular weight is 397 g/mol. The van der Waals surface area contributed by atoms with Crippen LogP contribution in [0.2, 0.25) is 0 Å². The second kappa shape index (κ2) is 9.27. The molecule has 0 saturated carbocycles. The van der Waals surface area contributed by atoms with Gasteiger partial charge in [-0.05, 0) is 37.6 Å². The monoisotopic (exact) mass is 397 g/mol. The lowest BCUT2D eigenvalue weighted by molar-refractivity contribution is -0.384. The largest absolute Gasteiger partial charge is 0.480 e. The molecular formula is C20H19N3O6. The van der Waals surface area contributed by atoms with Crippen LogP contribution in [0.5, 0.6) is 0 Å². The predicted molar refractivity (Wildman–Crippen MR) is 105 cm³/mol. The number of amides is 2. The molecule has 0 fully saturated rings. The molecule has 2 amide bonds. The fraction of sp³-hybridized carbons (Fsp3) is 0.150. The van der Waals surface area contributed by atoms with Crippen LogP contribution in [0.4, 0.5) is 5.69 Å². The van der Waals surface area contributed by atoms with Gasteiger partial charge in [0.15, 0.2) is 0 Å². The number of aliphatic carboxylic acids is 1. The first-order valence-electron chi connectivity index (χ1n) is 8.55. The van der Waals surface area contributed by atoms with Gasteiger partial charge in [-0.1, -0.05) is 29.8 Å². The Labute approximate surface area is 166 Å². The summed E-state index contributed by atoms with van der Waals surface area (Å²) in [7, 11) is 0. The Morgan fingerprint density at radius 1 is 1.14 bits per heavy atom. The lowest BCUT2D eigenvalue weighted by Crippen LogP contribution is -2.42. The molecule has 29 heavy (non-hydrogen) atoms. The second-order valence-corrected chi connectivity index (χ2v) is 6.26. The van der Waals surface area contributed by atoms with Crippen molar-refractivity contribution in [2.24, 2.45) is 0 Å². The topological polar surface area (TPSA) is 139 Å². The zero-order valence-corrected chi connectivity index (χ0v) is 15.7. The molecule has 1 atom stereocenters. The van der Waals surface area contributed by atoms with Crippen molar-refractivity contribution < 1.29 is 24.4 Å². The molecule has 1 unspecified atom stereocenters. The van der Waals surface area contributed by atoms with E-state index in [4.69, 9.17) is 5.11 Å². The van der Waals surface area contributed by atoms with Crippen LogP contribution in [-0.2, 0) is 9.59 Å². The number of rotatable bonds is 7. The maximum Gasteiger partial charge on any atom is 0.325 e. The van der Waals surface area contributed by atoms with Gasteiger partial charge in [0, 0.05) is 17.7 Å². The fourth-order valence-corrected chi connectivity index (χ4v) is 2.29. The Morgan fingerprint density at radius 2 is 1.79 bits per heavy atom. The molecular weight excluding hydrogens is 378 g/mol. The standard InChI is InChI=1S/C20H19N3O6/c1-12-6-8-15(9-7-12)18(24)22-17(19(25)21-13(2)20(26)27)11-14-4-3-5-16(10-14)23(28)29/h3-11,13H,1-2H3,(H,21,25)(H,22,24)(H,26,27)/b17-11-. The van der Waals surface area contributed by atoms with Crippen LogP contribution >= 0.6 is 0 Å². The first-order valence-corrected chi connectivity index (χ1v) is 8.55. The second-order valence-electron chi connectivity index (χ2n) is 6.26. The van der Waals surface area contributed by atoms with Crippen LogP contribution < -0.4 is 10.6 Å². The normalized spacial score (nSPS) is 12.0. The fourth-order valence-electron chi connectivity index (χ4n) is 2.29. The van der Waals surface area contributed by atoms with Gasteiger partial charge in [0.2, 0.25) is 0 Å². The molecule has 0 radical (unpaired) electrons. The van der Waals surface area contributed by atoms with Crippen LogP contribution in [0.3, 0.4) is 0 Å². The molecule has 3 N–H and O–H groups in total. The minimum Gasteiger partial charge on any atom is -0.480 e. The Kier molecular flexibility index (Phi) is 6.80. The Morgan fingerprint density at radius 3 is 2.38 bits per heavy atom. The van der Waals surface area contributed by atoms with Gasteiger partial charge in [0.25, 0.3) is 17.5 Å². The molecule has 9 nitrogen and oxygen atoms in total. The Hall–Kier alpha value is -4.01. The van der Waals surface area contributed by atoms with E-state index < -0.39 is 28.7 Å². The third-order valence-electron chi connectivity index (χ3n) is 3.92. The summed E-state index contributed by atoms with van der Waals surface area (Å²) in [6.45, 7) is 3.13. The van der Waals surface area contributed by atoms with E-state index in [9.17, 15) is 24.5 Å². The first kappa shape index (κ1) is 21.3. The van der Waals surface area contributed by atoms with Gasteiger partial charge in [0.1, 0.15) is 11.7 Å². The molecule has 0 aliphatic carbocycles. The summed E-state index contributed by atoms with van der Waals surface area (Å²) < 4.78 is 0. The minimum atomic E-state index is -1.25. The highest BCUT2D eigenvalue weighted by molar-refractivity contribution is 6.06. The number of carboxylic acid groups (broad SMARTS) is 1. The van der Waals surface area contributed by atoms with Crippen molar-refractivity contribution in [2.45, 2.75) is 19.9 Å². The number of carboxylic acids is 1. The molecule has 2 aromatic rings. The van der Waals surface area contributed by atoms with E-state index in [0.717, 1.165) is 5.56 Å². The molecule has 0 saturated heterocycles. The number of carbonyl (C=O) groups is 3. The van der Waals surface area contributed by atoms with Crippen molar-refractivity contribution in [1.82, 2.24) is 10.6 Å². The van der Waals surface area contributed by atoms with E-state index >= 15 is 0 Å². The van der Waals surface area contributed by atoms with Crippen LogP contribution in [0, 0.1) is 17.0 Å². The zero-order valence-electron chi connectivity index (χ0n) is 15.7. The van der Waals surface area contributed by atoms with Gasteiger partial charge in [-0.2, -0.15) is 0 Å². The van der Waals surface area contributed by atoms with Crippen molar-refractivity contribution in [3.63, 3.8) is 0 Å². The summed E-state index contributed by atoms with van der Waals surface area (Å²) in [5.41, 5.74) is 1.09. The number of nitrogens with zero attached hydrogens (tertiary/aromatic N) is 1. The number of aryl methyl sites for hydroxylation is 1. The van der Waals surface area contributed by atoms with Crippen LogP contribution in [0.15, 0.2) is 54.2 Å². The van der Waals surface area contributed by atoms with E-state index in [2.05, 4.69) is 10.6 Å². The van der Waals surface area contributed by atoms with Crippen molar-refractivity contribution in [3.8, 4) is 0 Å². The van der Waals surface area contributed by atoms with E-state index in [1.54, 1.807) is 24.3 Å². The van der Waals surface area contributed by atoms with Gasteiger partial charge in [-0.3, -0.25) is 24.5 Å². The summed E-state index contributed by atoms with van der Waals surface area (Å²) >= 11 is 0. The summed E-state index contributed by atoms with van der Waals surface area (Å²) in [6, 6.07) is 10.9. The van der Waals surface area contributed by atoms with Crippen LogP contribution in [-0.4, -0.2) is 33.9 Å². The quantitative estimate of drug-likeness (QED) is 0.372. The van der Waals surface area contributed by atoms with E-state index in [1.165, 1.54) is 37.3 Å². The molecule has 2 rings (SSSR count). The summed E-state index contributed by atoms with van der Waals surface area (Å²) in [4.78, 5) is 46.4. The van der Waals surface area contributed by atoms with Gasteiger partial charge in [0.05, 0.1) is 4.92 Å².